The lowest BCUT2D eigenvalue weighted by Gasteiger charge is -2.07. The van der Waals surface area contributed by atoms with E-state index in [1.165, 1.54) is 0 Å². The van der Waals surface area contributed by atoms with Gasteiger partial charge in [-0.25, -0.2) is 4.98 Å². The quantitative estimate of drug-likeness (QED) is 0.535. The SMILES string of the molecule is O=c1[nH]c(NCc2ccc(Cl)c(Cl)c2)nc2cnn(Cc3cccnc3)c12. The van der Waals surface area contributed by atoms with Crippen LogP contribution < -0.4 is 10.9 Å². The summed E-state index contributed by atoms with van der Waals surface area (Å²) in [5, 5.41) is 8.33. The third kappa shape index (κ3) is 3.79. The number of aromatic amines is 1. The molecule has 0 spiro atoms. The lowest BCUT2D eigenvalue weighted by molar-refractivity contribution is 0.706. The van der Waals surface area contributed by atoms with E-state index in [0.717, 1.165) is 11.1 Å². The predicted octanol–water partition coefficient (Wildman–Crippen LogP) is 3.48. The molecule has 7 nitrogen and oxygen atoms in total. The van der Waals surface area contributed by atoms with Crippen LogP contribution in [0.4, 0.5) is 5.95 Å². The molecule has 0 amide bonds. The molecule has 0 bridgehead atoms. The Morgan fingerprint density at radius 3 is 2.78 bits per heavy atom. The van der Waals surface area contributed by atoms with Gasteiger partial charge in [0.05, 0.1) is 22.8 Å². The topological polar surface area (TPSA) is 88.5 Å². The zero-order valence-electron chi connectivity index (χ0n) is 14.0. The second-order valence-electron chi connectivity index (χ2n) is 5.91. The summed E-state index contributed by atoms with van der Waals surface area (Å²) in [6, 6.07) is 9.11. The summed E-state index contributed by atoms with van der Waals surface area (Å²) in [6.07, 6.45) is 5.01. The van der Waals surface area contributed by atoms with Crippen LogP contribution in [0.2, 0.25) is 10.0 Å². The number of hydrogen-bond acceptors (Lipinski definition) is 5. The van der Waals surface area contributed by atoms with Crippen LogP contribution in [0.5, 0.6) is 0 Å². The molecule has 3 heterocycles. The fourth-order valence-electron chi connectivity index (χ4n) is 2.71. The van der Waals surface area contributed by atoms with Gasteiger partial charge in [0.2, 0.25) is 5.95 Å². The first kappa shape index (κ1) is 17.5. The second kappa shape index (κ2) is 7.38. The van der Waals surface area contributed by atoms with Crippen molar-refractivity contribution in [2.45, 2.75) is 13.1 Å². The zero-order chi connectivity index (χ0) is 18.8. The molecule has 0 aliphatic heterocycles. The van der Waals surface area contributed by atoms with Crippen molar-refractivity contribution in [2.24, 2.45) is 0 Å². The second-order valence-corrected chi connectivity index (χ2v) is 6.73. The number of anilines is 1. The van der Waals surface area contributed by atoms with Crippen LogP contribution >= 0.6 is 23.2 Å². The monoisotopic (exact) mass is 400 g/mol. The number of nitrogens with one attached hydrogen (secondary N) is 2. The average molecular weight is 401 g/mol. The van der Waals surface area contributed by atoms with Crippen LogP contribution in [0.15, 0.2) is 53.7 Å². The van der Waals surface area contributed by atoms with Crippen molar-refractivity contribution in [3.8, 4) is 0 Å². The van der Waals surface area contributed by atoms with E-state index in [4.69, 9.17) is 23.2 Å². The number of benzene rings is 1. The highest BCUT2D eigenvalue weighted by molar-refractivity contribution is 6.42. The molecular formula is C18H14Cl2N6O. The highest BCUT2D eigenvalue weighted by Gasteiger charge is 2.11. The summed E-state index contributed by atoms with van der Waals surface area (Å²) in [5.74, 6) is 0.361. The van der Waals surface area contributed by atoms with Gasteiger partial charge in [-0.2, -0.15) is 5.10 Å². The fraction of sp³-hybridized carbons (Fsp3) is 0.111. The van der Waals surface area contributed by atoms with Crippen molar-refractivity contribution in [3.63, 3.8) is 0 Å². The summed E-state index contributed by atoms with van der Waals surface area (Å²) >= 11 is 11.9. The summed E-state index contributed by atoms with van der Waals surface area (Å²) in [6.45, 7) is 0.882. The lowest BCUT2D eigenvalue weighted by atomic mass is 10.2. The molecule has 0 saturated carbocycles. The van der Waals surface area contributed by atoms with Crippen LogP contribution in [0.1, 0.15) is 11.1 Å². The molecule has 0 atom stereocenters. The van der Waals surface area contributed by atoms with Crippen molar-refractivity contribution in [1.29, 1.82) is 0 Å². The van der Waals surface area contributed by atoms with Gasteiger partial charge < -0.3 is 5.32 Å². The van der Waals surface area contributed by atoms with Crippen molar-refractivity contribution in [3.05, 3.63) is 80.4 Å². The first-order valence-electron chi connectivity index (χ1n) is 8.13. The van der Waals surface area contributed by atoms with E-state index in [2.05, 4.69) is 25.4 Å². The molecule has 0 aliphatic carbocycles. The highest BCUT2D eigenvalue weighted by atomic mass is 35.5. The standard InChI is InChI=1S/C18H14Cl2N6O/c19-13-4-3-11(6-14(13)20)8-22-18-24-15-9-23-26(16(15)17(27)25-18)10-12-2-1-5-21-7-12/h1-7,9H,8,10H2,(H2,22,24,25,27). The van der Waals surface area contributed by atoms with Crippen LogP contribution in [0.3, 0.4) is 0 Å². The van der Waals surface area contributed by atoms with Gasteiger partial charge in [0, 0.05) is 18.9 Å². The minimum Gasteiger partial charge on any atom is -0.352 e. The maximum absolute atomic E-state index is 12.5. The van der Waals surface area contributed by atoms with Gasteiger partial charge in [-0.3, -0.25) is 19.4 Å². The first-order valence-corrected chi connectivity index (χ1v) is 8.88. The Kier molecular flexibility index (Phi) is 4.79. The Morgan fingerprint density at radius 1 is 1.11 bits per heavy atom. The van der Waals surface area contributed by atoms with E-state index in [1.54, 1.807) is 35.4 Å². The van der Waals surface area contributed by atoms with Crippen molar-refractivity contribution in [2.75, 3.05) is 5.32 Å². The summed E-state index contributed by atoms with van der Waals surface area (Å²) in [7, 11) is 0. The smallest absolute Gasteiger partial charge is 0.278 e. The number of pyridine rings is 1. The molecule has 136 valence electrons. The van der Waals surface area contributed by atoms with Gasteiger partial charge in [0.1, 0.15) is 5.52 Å². The summed E-state index contributed by atoms with van der Waals surface area (Å²) in [4.78, 5) is 23.8. The van der Waals surface area contributed by atoms with E-state index in [0.29, 0.717) is 40.1 Å². The normalized spacial score (nSPS) is 11.0. The maximum atomic E-state index is 12.5. The number of fused-ring (bicyclic) bond motifs is 1. The summed E-state index contributed by atoms with van der Waals surface area (Å²) in [5.41, 5.74) is 2.53. The van der Waals surface area contributed by atoms with E-state index < -0.39 is 0 Å². The van der Waals surface area contributed by atoms with Crippen LogP contribution in [-0.4, -0.2) is 24.7 Å². The van der Waals surface area contributed by atoms with Crippen LogP contribution in [-0.2, 0) is 13.1 Å². The van der Waals surface area contributed by atoms with Crippen molar-refractivity contribution >= 4 is 40.2 Å². The van der Waals surface area contributed by atoms with Gasteiger partial charge in [0.25, 0.3) is 5.56 Å². The Hall–Kier alpha value is -2.90. The maximum Gasteiger partial charge on any atom is 0.278 e. The predicted molar refractivity (Wildman–Crippen MR) is 105 cm³/mol. The molecule has 0 aliphatic rings. The van der Waals surface area contributed by atoms with Gasteiger partial charge in [-0.1, -0.05) is 35.3 Å². The highest BCUT2D eigenvalue weighted by Crippen LogP contribution is 2.22. The average Bonchev–Trinajstić information content (AvgIpc) is 3.07. The van der Waals surface area contributed by atoms with Crippen molar-refractivity contribution < 1.29 is 0 Å². The van der Waals surface area contributed by atoms with E-state index in [9.17, 15) is 4.79 Å². The molecule has 4 rings (SSSR count). The molecule has 4 aromatic rings. The Bertz CT molecular complexity index is 1160. The molecule has 3 aromatic heterocycles. The Morgan fingerprint density at radius 2 is 2.00 bits per heavy atom. The van der Waals surface area contributed by atoms with Gasteiger partial charge in [0.15, 0.2) is 5.52 Å². The Labute approximate surface area is 164 Å². The largest absolute Gasteiger partial charge is 0.352 e. The zero-order valence-corrected chi connectivity index (χ0v) is 15.5. The minimum absolute atomic E-state index is 0.266. The molecule has 9 heteroatoms. The number of rotatable bonds is 5. The number of aromatic nitrogens is 5. The molecule has 0 saturated heterocycles. The molecular weight excluding hydrogens is 387 g/mol. The lowest BCUT2D eigenvalue weighted by Crippen LogP contribution is -2.16. The van der Waals surface area contributed by atoms with Crippen LogP contribution in [0.25, 0.3) is 11.0 Å². The molecule has 0 unspecified atom stereocenters. The Balaban J connectivity index is 1.57. The van der Waals surface area contributed by atoms with E-state index in [-0.39, 0.29) is 5.56 Å². The summed E-state index contributed by atoms with van der Waals surface area (Å²) < 4.78 is 1.61. The number of H-pyrrole nitrogens is 1. The van der Waals surface area contributed by atoms with Gasteiger partial charge >= 0.3 is 0 Å². The first-order chi connectivity index (χ1) is 13.1. The third-order valence-corrected chi connectivity index (χ3v) is 4.74. The number of hydrogen-bond donors (Lipinski definition) is 2. The van der Waals surface area contributed by atoms with E-state index in [1.807, 2.05) is 18.2 Å². The molecule has 0 radical (unpaired) electrons. The molecule has 27 heavy (non-hydrogen) atoms. The van der Waals surface area contributed by atoms with Gasteiger partial charge in [-0.15, -0.1) is 0 Å². The van der Waals surface area contributed by atoms with E-state index >= 15 is 0 Å². The fourth-order valence-corrected chi connectivity index (χ4v) is 3.03. The number of nitrogens with zero attached hydrogens (tertiary/aromatic N) is 4. The van der Waals surface area contributed by atoms with Gasteiger partial charge in [-0.05, 0) is 29.3 Å². The third-order valence-electron chi connectivity index (χ3n) is 4.00. The van der Waals surface area contributed by atoms with Crippen molar-refractivity contribution in [1.82, 2.24) is 24.7 Å². The molecule has 2 N–H and O–H groups in total. The minimum atomic E-state index is -0.266. The molecule has 0 fully saturated rings. The number of halogens is 2. The van der Waals surface area contributed by atoms with Crippen LogP contribution in [0, 0.1) is 0 Å². The molecule has 1 aromatic carbocycles.